The van der Waals surface area contributed by atoms with Crippen LogP contribution in [0.15, 0.2) is 18.2 Å². The monoisotopic (exact) mass is 921 g/mol. The van der Waals surface area contributed by atoms with Crippen LogP contribution in [0.3, 0.4) is 0 Å². The molecule has 64 heavy (non-hydrogen) atoms. The summed E-state index contributed by atoms with van der Waals surface area (Å²) in [5.74, 6) is -1.11. The summed E-state index contributed by atoms with van der Waals surface area (Å²) in [7, 11) is 0.289. The van der Waals surface area contributed by atoms with E-state index in [1.54, 1.807) is 39.2 Å². The van der Waals surface area contributed by atoms with Crippen LogP contribution in [0.2, 0.25) is 13.1 Å². The Kier molecular flexibility index (Phi) is 23.6. The van der Waals surface area contributed by atoms with E-state index < -0.39 is 55.7 Å². The van der Waals surface area contributed by atoms with Crippen LogP contribution in [-0.4, -0.2) is 122 Å². The predicted molar refractivity (Wildman–Crippen MR) is 254 cm³/mol. The summed E-state index contributed by atoms with van der Waals surface area (Å²) < 4.78 is 35.7. The van der Waals surface area contributed by atoms with Crippen LogP contribution in [-0.2, 0) is 28.2 Å². The lowest BCUT2D eigenvalue weighted by Gasteiger charge is -2.43. The molecule has 1 radical (unpaired) electrons. The number of amides is 4. The van der Waals surface area contributed by atoms with Gasteiger partial charge in [0, 0.05) is 63.8 Å². The fourth-order valence-corrected chi connectivity index (χ4v) is 8.40. The minimum Gasteiger partial charge on any atom is -0.493 e. The number of primary amides is 1. The molecule has 5 atom stereocenters. The Balaban J connectivity index is 2.57. The molecule has 0 aliphatic carbocycles. The first-order valence-corrected chi connectivity index (χ1v) is 25.7. The molecule has 1 aliphatic heterocycles. The van der Waals surface area contributed by atoms with Gasteiger partial charge >= 0.3 is 6.09 Å². The first-order chi connectivity index (χ1) is 29.7. The molecule has 0 bridgehead atoms. The highest BCUT2D eigenvalue weighted by atomic mass is 28.3. The van der Waals surface area contributed by atoms with E-state index in [1.165, 1.54) is 0 Å². The van der Waals surface area contributed by atoms with E-state index >= 15 is 0 Å². The normalized spacial score (nSPS) is 16.5. The number of nitrogens with one attached hydrogen (secondary N) is 3. The minimum atomic E-state index is -1.38. The van der Waals surface area contributed by atoms with E-state index in [2.05, 4.69) is 55.5 Å². The van der Waals surface area contributed by atoms with Gasteiger partial charge in [0.15, 0.2) is 0 Å². The Morgan fingerprint density at radius 1 is 0.859 bits per heavy atom. The van der Waals surface area contributed by atoms with Crippen molar-refractivity contribution in [1.82, 2.24) is 20.9 Å². The molecule has 1 unspecified atom stereocenters. The number of methoxy groups -OCH3 is 1. The number of benzene rings is 1. The molecule has 1 aliphatic rings. The van der Waals surface area contributed by atoms with Crippen molar-refractivity contribution in [2.24, 2.45) is 46.2 Å². The molecule has 5 N–H and O–H groups in total. The smallest absolute Gasteiger partial charge is 0.407 e. The Labute approximate surface area is 387 Å². The van der Waals surface area contributed by atoms with E-state index in [0.717, 1.165) is 32.5 Å². The van der Waals surface area contributed by atoms with Crippen LogP contribution in [0.4, 0.5) is 4.79 Å². The second-order valence-corrected chi connectivity index (χ2v) is 22.9. The number of ether oxygens (including phenoxy) is 5. The zero-order valence-electron chi connectivity index (χ0n) is 42.1. The number of carbonyl (C=O) groups is 4. The Bertz CT molecular complexity index is 1590. The number of carbonyl (C=O) groups excluding carboxylic acids is 4. The average molecular weight is 921 g/mol. The lowest BCUT2D eigenvalue weighted by Crippen LogP contribution is -2.53. The Hall–Kier alpha value is -3.44. The fourth-order valence-electron chi connectivity index (χ4n) is 7.66. The van der Waals surface area contributed by atoms with Crippen molar-refractivity contribution < 1.29 is 47.3 Å². The second kappa shape index (κ2) is 26.6. The maximum absolute atomic E-state index is 14.5. The highest BCUT2D eigenvalue weighted by Gasteiger charge is 2.42. The van der Waals surface area contributed by atoms with Crippen molar-refractivity contribution in [3.8, 4) is 11.5 Å². The summed E-state index contributed by atoms with van der Waals surface area (Å²) in [6.45, 7) is 32.9. The van der Waals surface area contributed by atoms with Gasteiger partial charge in [-0.15, -0.1) is 0 Å². The predicted octanol–water partition coefficient (Wildman–Crippen LogP) is 7.03. The Morgan fingerprint density at radius 2 is 1.50 bits per heavy atom. The number of morpholine rings is 1. The second-order valence-electron chi connectivity index (χ2n) is 20.8. The van der Waals surface area contributed by atoms with E-state index in [0.29, 0.717) is 62.9 Å². The fraction of sp³-hybridized carbons (Fsp3) is 0.792. The van der Waals surface area contributed by atoms with Crippen LogP contribution in [0.1, 0.15) is 119 Å². The lowest BCUT2D eigenvalue weighted by molar-refractivity contribution is -0.129. The maximum atomic E-state index is 14.5. The zero-order chi connectivity index (χ0) is 48.4. The van der Waals surface area contributed by atoms with Gasteiger partial charge in [0.1, 0.15) is 29.9 Å². The number of rotatable bonds is 27. The highest BCUT2D eigenvalue weighted by molar-refractivity contribution is 6.48. The number of unbranched alkanes of at least 4 members (excludes halogenated alkanes) is 1. The third-order valence-corrected chi connectivity index (χ3v) is 12.4. The molecule has 4 amide bonds. The van der Waals surface area contributed by atoms with Gasteiger partial charge in [-0.2, -0.15) is 0 Å². The molecule has 0 saturated carbocycles. The van der Waals surface area contributed by atoms with E-state index in [9.17, 15) is 19.2 Å². The van der Waals surface area contributed by atoms with Crippen LogP contribution >= 0.6 is 0 Å². The number of hydrogen-bond acceptors (Lipinski definition) is 11. The van der Waals surface area contributed by atoms with E-state index in [-0.39, 0.29) is 42.0 Å². The summed E-state index contributed by atoms with van der Waals surface area (Å²) in [4.78, 5) is 56.7. The van der Waals surface area contributed by atoms with Crippen molar-refractivity contribution in [2.75, 3.05) is 66.3 Å². The first kappa shape index (κ1) is 56.7. The SMILES string of the molecule is COCCCCOc1cc(OCCN2CCOCC2)ccc1C(=O)NC(O[Si](C)C)[C@@H](C[C@H](NC(=O)OC(C)(C)C)[C@@H](C[C@H](C(=O)NCC(C)(C)C(N)=O)C(C)C)C(C)(C)C)C(C)C. The van der Waals surface area contributed by atoms with E-state index in [4.69, 9.17) is 33.8 Å². The van der Waals surface area contributed by atoms with Crippen LogP contribution < -0.4 is 31.2 Å². The van der Waals surface area contributed by atoms with Gasteiger partial charge in [-0.25, -0.2) is 4.79 Å². The number of hydrogen-bond donors (Lipinski definition) is 4. The molecule has 1 saturated heterocycles. The number of nitrogens with two attached hydrogens (primary N) is 1. The molecule has 367 valence electrons. The Morgan fingerprint density at radius 3 is 2.05 bits per heavy atom. The maximum Gasteiger partial charge on any atom is 0.407 e. The van der Waals surface area contributed by atoms with Gasteiger partial charge in [0.25, 0.3) is 5.91 Å². The highest BCUT2D eigenvalue weighted by Crippen LogP contribution is 2.40. The molecule has 1 aromatic rings. The summed E-state index contributed by atoms with van der Waals surface area (Å²) in [5.41, 5.74) is 3.89. The molecule has 1 heterocycles. The van der Waals surface area contributed by atoms with Crippen molar-refractivity contribution in [3.05, 3.63) is 23.8 Å². The molecule has 1 aromatic carbocycles. The summed E-state index contributed by atoms with van der Waals surface area (Å²) >= 11 is 0. The van der Waals surface area contributed by atoms with Crippen LogP contribution in [0.25, 0.3) is 0 Å². The molecular formula is C48H86N5O10Si. The van der Waals surface area contributed by atoms with Gasteiger partial charge in [0.2, 0.25) is 20.9 Å². The number of nitrogens with zero attached hydrogens (tertiary/aromatic N) is 1. The third-order valence-electron chi connectivity index (χ3n) is 11.7. The standard InChI is InChI=1S/C48H86N5O10Si/c1-32(2)36(41(54)50-31-48(11,12)44(49)56)29-38(46(5,6)7)39(51-45(57)62-47(8,9)10)30-37(33(3)4)43(63-64(14)15)52-42(55)35-19-18-34(28-40(35)61-24-17-16-23-58-13)60-27-22-53-20-25-59-26-21-53/h18-19,28,32-33,36-39,43H,16-17,20-27,29-31H2,1-15H3,(H2,49,56)(H,50,54)(H,51,57)(H,52,55)/t36-,37-,38+,39-,43?/m0/s1. The zero-order valence-corrected chi connectivity index (χ0v) is 43.1. The van der Waals surface area contributed by atoms with Gasteiger partial charge in [-0.1, -0.05) is 48.5 Å². The molecule has 2 rings (SSSR count). The van der Waals surface area contributed by atoms with Gasteiger partial charge in [0.05, 0.1) is 30.8 Å². The average Bonchev–Trinajstić information content (AvgIpc) is 3.17. The number of alkyl carbamates (subject to hydrolysis) is 1. The summed E-state index contributed by atoms with van der Waals surface area (Å²) in [5, 5.41) is 9.49. The third kappa shape index (κ3) is 20.4. The van der Waals surface area contributed by atoms with Crippen molar-refractivity contribution >= 4 is 32.9 Å². The van der Waals surface area contributed by atoms with Crippen molar-refractivity contribution in [2.45, 2.75) is 140 Å². The topological polar surface area (TPSA) is 189 Å². The van der Waals surface area contributed by atoms with Gasteiger partial charge in [-0.05, 0) is 109 Å². The largest absolute Gasteiger partial charge is 0.493 e. The molecule has 1 fully saturated rings. The summed E-state index contributed by atoms with van der Waals surface area (Å²) in [6, 6.07) is 4.80. The molecule has 15 nitrogen and oxygen atoms in total. The van der Waals surface area contributed by atoms with Gasteiger partial charge in [-0.3, -0.25) is 19.3 Å². The van der Waals surface area contributed by atoms with Crippen molar-refractivity contribution in [1.29, 1.82) is 0 Å². The molecule has 0 spiro atoms. The van der Waals surface area contributed by atoms with Crippen molar-refractivity contribution in [3.63, 3.8) is 0 Å². The quantitative estimate of drug-likeness (QED) is 0.0403. The first-order valence-electron chi connectivity index (χ1n) is 23.3. The molecular weight excluding hydrogens is 835 g/mol. The summed E-state index contributed by atoms with van der Waals surface area (Å²) in [6.07, 6.45) is 1.07. The van der Waals surface area contributed by atoms with Gasteiger partial charge < -0.3 is 49.8 Å². The van der Waals surface area contributed by atoms with Crippen LogP contribution in [0.5, 0.6) is 11.5 Å². The lowest BCUT2D eigenvalue weighted by atomic mass is 9.67. The molecule has 16 heteroatoms. The minimum absolute atomic E-state index is 0.0193. The van der Waals surface area contributed by atoms with E-state index in [1.807, 2.05) is 47.7 Å². The molecule has 0 aromatic heterocycles. The van der Waals surface area contributed by atoms with Crippen LogP contribution in [0, 0.1) is 40.4 Å².